The Balaban J connectivity index is 1.57. The summed E-state index contributed by atoms with van der Waals surface area (Å²) in [5, 5.41) is 17.0. The molecule has 6 nitrogen and oxygen atoms in total. The highest BCUT2D eigenvalue weighted by molar-refractivity contribution is 5.45. The lowest BCUT2D eigenvalue weighted by molar-refractivity contribution is 0.0904. The van der Waals surface area contributed by atoms with Gasteiger partial charge in [-0.15, -0.1) is 0 Å². The fourth-order valence-electron chi connectivity index (χ4n) is 3.27. The summed E-state index contributed by atoms with van der Waals surface area (Å²) in [6, 6.07) is 7.88. The predicted octanol–water partition coefficient (Wildman–Crippen LogP) is 2.65. The molecule has 1 fully saturated rings. The monoisotopic (exact) mass is 340 g/mol. The van der Waals surface area contributed by atoms with E-state index in [9.17, 15) is 5.26 Å². The van der Waals surface area contributed by atoms with Crippen LogP contribution in [0, 0.1) is 17.2 Å². The van der Waals surface area contributed by atoms with Crippen molar-refractivity contribution in [2.45, 2.75) is 32.5 Å². The molecule has 0 radical (unpaired) electrons. The molecule has 2 aromatic rings. The van der Waals surface area contributed by atoms with Crippen molar-refractivity contribution in [1.82, 2.24) is 15.1 Å². The fraction of sp³-hybridized carbons (Fsp3) is 0.474. The molecule has 0 amide bonds. The molecule has 0 bridgehead atoms. The Bertz CT molecular complexity index is 750. The molecule has 0 saturated carbocycles. The first-order chi connectivity index (χ1) is 12.2. The number of aromatic nitrogens is 2. The van der Waals surface area contributed by atoms with Gasteiger partial charge in [-0.3, -0.25) is 4.68 Å². The van der Waals surface area contributed by atoms with E-state index in [2.05, 4.69) is 29.6 Å². The molecule has 3 rings (SSSR count). The van der Waals surface area contributed by atoms with Crippen LogP contribution in [0.2, 0.25) is 0 Å². The molecule has 0 unspecified atom stereocenters. The molecule has 25 heavy (non-hydrogen) atoms. The largest absolute Gasteiger partial charge is 0.495 e. The smallest absolute Gasteiger partial charge is 0.136 e. The van der Waals surface area contributed by atoms with E-state index in [4.69, 9.17) is 9.47 Å². The van der Waals surface area contributed by atoms with Crippen molar-refractivity contribution in [3.8, 4) is 11.8 Å². The van der Waals surface area contributed by atoms with E-state index in [1.807, 2.05) is 29.1 Å². The average molecular weight is 340 g/mol. The lowest BCUT2D eigenvalue weighted by atomic mass is 9.97. The highest BCUT2D eigenvalue weighted by atomic mass is 16.5. The van der Waals surface area contributed by atoms with Gasteiger partial charge in [-0.05, 0) is 31.0 Å². The van der Waals surface area contributed by atoms with Gasteiger partial charge in [0.2, 0.25) is 0 Å². The molecule has 2 atom stereocenters. The van der Waals surface area contributed by atoms with Gasteiger partial charge >= 0.3 is 0 Å². The normalized spacial score (nSPS) is 19.7. The quantitative estimate of drug-likeness (QED) is 0.839. The zero-order chi connectivity index (χ0) is 17.6. The Hall–Kier alpha value is -2.36. The van der Waals surface area contributed by atoms with Gasteiger partial charge in [0.25, 0.3) is 0 Å². The number of nitrogens with zero attached hydrogens (tertiary/aromatic N) is 3. The molecule has 0 spiro atoms. The van der Waals surface area contributed by atoms with Gasteiger partial charge in [-0.1, -0.05) is 6.07 Å². The molecular formula is C19H24N4O2. The van der Waals surface area contributed by atoms with Crippen LogP contribution in [0.1, 0.15) is 36.1 Å². The number of aryl methyl sites for hydroxylation is 1. The third kappa shape index (κ3) is 4.01. The summed E-state index contributed by atoms with van der Waals surface area (Å²) >= 11 is 0. The maximum atomic E-state index is 9.18. The van der Waals surface area contributed by atoms with Gasteiger partial charge in [-0.2, -0.15) is 10.4 Å². The van der Waals surface area contributed by atoms with Crippen molar-refractivity contribution in [1.29, 1.82) is 5.26 Å². The Morgan fingerprint density at radius 2 is 2.36 bits per heavy atom. The molecular weight excluding hydrogens is 316 g/mol. The zero-order valence-electron chi connectivity index (χ0n) is 14.7. The van der Waals surface area contributed by atoms with E-state index in [0.717, 1.165) is 43.8 Å². The molecule has 1 aromatic heterocycles. The second-order valence-electron chi connectivity index (χ2n) is 6.25. The molecule has 132 valence electrons. The molecule has 1 saturated heterocycles. The Labute approximate surface area is 148 Å². The topological polar surface area (TPSA) is 72.1 Å². The summed E-state index contributed by atoms with van der Waals surface area (Å²) in [7, 11) is 1.58. The van der Waals surface area contributed by atoms with E-state index < -0.39 is 0 Å². The highest BCUT2D eigenvalue weighted by Crippen LogP contribution is 2.33. The van der Waals surface area contributed by atoms with Gasteiger partial charge < -0.3 is 14.8 Å². The first-order valence-electron chi connectivity index (χ1n) is 8.66. The predicted molar refractivity (Wildman–Crippen MR) is 94.1 cm³/mol. The van der Waals surface area contributed by atoms with Crippen molar-refractivity contribution >= 4 is 0 Å². The number of rotatable bonds is 7. The molecule has 6 heteroatoms. The Morgan fingerprint density at radius 1 is 1.48 bits per heavy atom. The summed E-state index contributed by atoms with van der Waals surface area (Å²) in [6.07, 6.45) is 5.14. The summed E-state index contributed by atoms with van der Waals surface area (Å²) in [5.74, 6) is 1.05. The summed E-state index contributed by atoms with van der Waals surface area (Å²) < 4.78 is 13.0. The second-order valence-corrected chi connectivity index (χ2v) is 6.25. The first kappa shape index (κ1) is 17.5. The molecule has 1 N–H and O–H groups in total. The Kier molecular flexibility index (Phi) is 5.69. The van der Waals surface area contributed by atoms with E-state index in [1.54, 1.807) is 7.11 Å². The number of ether oxygens (including phenoxy) is 2. The van der Waals surface area contributed by atoms with Crippen LogP contribution in [0.15, 0.2) is 30.6 Å². The molecule has 1 aromatic carbocycles. The minimum atomic E-state index is 0.110. The summed E-state index contributed by atoms with van der Waals surface area (Å²) in [6.45, 7) is 5.32. The maximum Gasteiger partial charge on any atom is 0.136 e. The third-order valence-corrected chi connectivity index (χ3v) is 4.64. The van der Waals surface area contributed by atoms with E-state index in [-0.39, 0.29) is 6.10 Å². The number of nitriles is 1. The average Bonchev–Trinajstić information content (AvgIpc) is 3.30. The van der Waals surface area contributed by atoms with Crippen molar-refractivity contribution in [3.05, 3.63) is 47.3 Å². The standard InChI is InChI=1S/C19H24N4O2/c1-3-23-13-17(12-22-23)19-15(6-7-25-19)11-21-10-14-4-5-18(24-2)16(8-14)9-20/h4-5,8,12-13,15,19,21H,3,6-7,10-11H2,1-2H3/t15-,19-/m0/s1. The van der Waals surface area contributed by atoms with Crippen LogP contribution in [0.25, 0.3) is 0 Å². The van der Waals surface area contributed by atoms with Crippen molar-refractivity contribution in [2.24, 2.45) is 5.92 Å². The SMILES string of the molecule is CCn1cc([C@H]2OCC[C@H]2CNCc2ccc(OC)c(C#N)c2)cn1. The molecule has 0 aliphatic carbocycles. The van der Waals surface area contributed by atoms with Crippen LogP contribution in [0.5, 0.6) is 5.75 Å². The van der Waals surface area contributed by atoms with Crippen LogP contribution < -0.4 is 10.1 Å². The number of nitrogens with one attached hydrogen (secondary N) is 1. The molecule has 2 heterocycles. The highest BCUT2D eigenvalue weighted by Gasteiger charge is 2.30. The first-order valence-corrected chi connectivity index (χ1v) is 8.66. The van der Waals surface area contributed by atoms with E-state index in [1.165, 1.54) is 0 Å². The van der Waals surface area contributed by atoms with Crippen LogP contribution in [0.4, 0.5) is 0 Å². The lowest BCUT2D eigenvalue weighted by Gasteiger charge is -2.18. The third-order valence-electron chi connectivity index (χ3n) is 4.64. The number of benzene rings is 1. The van der Waals surface area contributed by atoms with E-state index in [0.29, 0.717) is 17.2 Å². The van der Waals surface area contributed by atoms with Crippen molar-refractivity contribution < 1.29 is 9.47 Å². The fourth-order valence-corrected chi connectivity index (χ4v) is 3.27. The lowest BCUT2D eigenvalue weighted by Crippen LogP contribution is -2.24. The summed E-state index contributed by atoms with van der Waals surface area (Å²) in [5.41, 5.74) is 2.80. The van der Waals surface area contributed by atoms with Crippen molar-refractivity contribution in [2.75, 3.05) is 20.3 Å². The van der Waals surface area contributed by atoms with Crippen LogP contribution in [-0.4, -0.2) is 30.0 Å². The zero-order valence-corrected chi connectivity index (χ0v) is 14.7. The molecule has 1 aliphatic heterocycles. The van der Waals surface area contributed by atoms with Crippen LogP contribution in [0.3, 0.4) is 0 Å². The van der Waals surface area contributed by atoms with Gasteiger partial charge in [0.1, 0.15) is 11.8 Å². The number of hydrogen-bond donors (Lipinski definition) is 1. The van der Waals surface area contributed by atoms with Gasteiger partial charge in [0, 0.05) is 43.9 Å². The molecule has 1 aliphatic rings. The summed E-state index contributed by atoms with van der Waals surface area (Å²) in [4.78, 5) is 0. The van der Waals surface area contributed by atoms with Gasteiger partial charge in [-0.25, -0.2) is 0 Å². The number of methoxy groups -OCH3 is 1. The van der Waals surface area contributed by atoms with Gasteiger partial charge in [0.05, 0.1) is 25.0 Å². The van der Waals surface area contributed by atoms with Crippen LogP contribution in [-0.2, 0) is 17.8 Å². The maximum absolute atomic E-state index is 9.18. The van der Waals surface area contributed by atoms with Gasteiger partial charge in [0.15, 0.2) is 0 Å². The van der Waals surface area contributed by atoms with E-state index >= 15 is 0 Å². The number of hydrogen-bond acceptors (Lipinski definition) is 5. The minimum absolute atomic E-state index is 0.110. The van der Waals surface area contributed by atoms with Crippen LogP contribution >= 0.6 is 0 Å². The van der Waals surface area contributed by atoms with Crippen molar-refractivity contribution in [3.63, 3.8) is 0 Å². The minimum Gasteiger partial charge on any atom is -0.495 e. The second kappa shape index (κ2) is 8.15. The Morgan fingerprint density at radius 3 is 3.08 bits per heavy atom.